The van der Waals surface area contributed by atoms with E-state index >= 15 is 0 Å². The second-order valence-corrected chi connectivity index (χ2v) is 5.86. The molecule has 7 nitrogen and oxygen atoms in total. The van der Waals surface area contributed by atoms with Gasteiger partial charge in [0.05, 0.1) is 24.8 Å². The minimum atomic E-state index is -0.539. The maximum absolute atomic E-state index is 12.4. The number of nitrogens with zero attached hydrogens (tertiary/aromatic N) is 3. The number of rotatable bonds is 6. The highest BCUT2D eigenvalue weighted by Gasteiger charge is 2.27. The standard InChI is InChI=1S/C19H19N3O4/c1-13(19-24-10-11-25-19)26-18(23)16-9-5-8-15(12-16)17(21-22-20)14-6-3-2-4-7-14/h2-9,12-13,17,19H,10-11H2,1H3. The van der Waals surface area contributed by atoms with Crippen molar-refractivity contribution in [1.82, 2.24) is 0 Å². The Labute approximate surface area is 151 Å². The summed E-state index contributed by atoms with van der Waals surface area (Å²) in [4.78, 5) is 15.4. The van der Waals surface area contributed by atoms with Crippen LogP contribution < -0.4 is 0 Å². The Morgan fingerprint density at radius 3 is 2.54 bits per heavy atom. The molecule has 7 heteroatoms. The molecule has 1 saturated heterocycles. The topological polar surface area (TPSA) is 93.5 Å². The van der Waals surface area contributed by atoms with Crippen molar-refractivity contribution >= 4 is 5.97 Å². The number of azide groups is 1. The molecule has 3 rings (SSSR count). The van der Waals surface area contributed by atoms with Crippen LogP contribution in [0.2, 0.25) is 0 Å². The molecule has 1 aliphatic heterocycles. The number of carbonyl (C=O) groups excluding carboxylic acids is 1. The number of esters is 1. The van der Waals surface area contributed by atoms with Gasteiger partial charge in [0, 0.05) is 4.91 Å². The number of benzene rings is 2. The molecule has 26 heavy (non-hydrogen) atoms. The summed E-state index contributed by atoms with van der Waals surface area (Å²) in [6.45, 7) is 2.71. The van der Waals surface area contributed by atoms with E-state index in [1.807, 2.05) is 36.4 Å². The molecule has 1 fully saturated rings. The van der Waals surface area contributed by atoms with Crippen LogP contribution >= 0.6 is 0 Å². The highest BCUT2D eigenvalue weighted by atomic mass is 16.7. The molecule has 2 atom stereocenters. The highest BCUT2D eigenvalue weighted by Crippen LogP contribution is 2.27. The van der Waals surface area contributed by atoms with Crippen LogP contribution in [-0.2, 0) is 14.2 Å². The second kappa shape index (κ2) is 8.49. The first-order chi connectivity index (χ1) is 12.7. The molecule has 2 aromatic rings. The fraction of sp³-hybridized carbons (Fsp3) is 0.316. The summed E-state index contributed by atoms with van der Waals surface area (Å²) in [5.41, 5.74) is 10.9. The summed E-state index contributed by atoms with van der Waals surface area (Å²) in [6, 6.07) is 15.8. The summed E-state index contributed by atoms with van der Waals surface area (Å²) in [7, 11) is 0. The fourth-order valence-electron chi connectivity index (χ4n) is 2.79. The summed E-state index contributed by atoms with van der Waals surface area (Å²) in [6.07, 6.45) is -1.06. The van der Waals surface area contributed by atoms with E-state index in [1.54, 1.807) is 25.1 Å². The van der Waals surface area contributed by atoms with Crippen molar-refractivity contribution in [3.63, 3.8) is 0 Å². The highest BCUT2D eigenvalue weighted by molar-refractivity contribution is 5.89. The molecule has 0 bridgehead atoms. The Bertz CT molecular complexity index is 799. The largest absolute Gasteiger partial charge is 0.454 e. The van der Waals surface area contributed by atoms with Gasteiger partial charge in [-0.25, -0.2) is 4.79 Å². The number of hydrogen-bond donors (Lipinski definition) is 0. The van der Waals surface area contributed by atoms with Gasteiger partial charge in [0.15, 0.2) is 12.4 Å². The molecule has 0 amide bonds. The Kier molecular flexibility index (Phi) is 5.86. The third-order valence-corrected chi connectivity index (χ3v) is 4.04. The van der Waals surface area contributed by atoms with E-state index in [1.165, 1.54) is 0 Å². The zero-order valence-electron chi connectivity index (χ0n) is 14.3. The summed E-state index contributed by atoms with van der Waals surface area (Å²) in [5.74, 6) is -0.480. The first-order valence-corrected chi connectivity index (χ1v) is 8.32. The van der Waals surface area contributed by atoms with Crippen molar-refractivity contribution in [3.05, 3.63) is 81.7 Å². The van der Waals surface area contributed by atoms with Gasteiger partial charge < -0.3 is 14.2 Å². The summed E-state index contributed by atoms with van der Waals surface area (Å²) in [5, 5.41) is 3.88. The quantitative estimate of drug-likeness (QED) is 0.339. The van der Waals surface area contributed by atoms with Gasteiger partial charge in [-0.1, -0.05) is 47.6 Å². The first kappa shape index (κ1) is 17.9. The molecule has 2 unspecified atom stereocenters. The van der Waals surface area contributed by atoms with Crippen LogP contribution in [0.3, 0.4) is 0 Å². The van der Waals surface area contributed by atoms with Crippen LogP contribution in [-0.4, -0.2) is 31.6 Å². The minimum Gasteiger partial charge on any atom is -0.454 e. The Balaban J connectivity index is 1.80. The van der Waals surface area contributed by atoms with Crippen LogP contribution in [0.5, 0.6) is 0 Å². The monoisotopic (exact) mass is 353 g/mol. The van der Waals surface area contributed by atoms with Crippen molar-refractivity contribution in [2.45, 2.75) is 25.4 Å². The van der Waals surface area contributed by atoms with Crippen molar-refractivity contribution in [1.29, 1.82) is 0 Å². The second-order valence-electron chi connectivity index (χ2n) is 5.86. The van der Waals surface area contributed by atoms with E-state index in [-0.39, 0.29) is 0 Å². The predicted octanol–water partition coefficient (Wildman–Crippen LogP) is 4.00. The van der Waals surface area contributed by atoms with Crippen LogP contribution in [0.1, 0.15) is 34.5 Å². The Morgan fingerprint density at radius 2 is 1.85 bits per heavy atom. The van der Waals surface area contributed by atoms with Crippen LogP contribution in [0, 0.1) is 0 Å². The molecular weight excluding hydrogens is 334 g/mol. The Morgan fingerprint density at radius 1 is 1.15 bits per heavy atom. The maximum Gasteiger partial charge on any atom is 0.338 e. The lowest BCUT2D eigenvalue weighted by atomic mass is 9.98. The summed E-state index contributed by atoms with van der Waals surface area (Å²) < 4.78 is 16.1. The molecule has 134 valence electrons. The zero-order chi connectivity index (χ0) is 18.4. The van der Waals surface area contributed by atoms with Crippen LogP contribution in [0.25, 0.3) is 10.4 Å². The average molecular weight is 353 g/mol. The molecule has 0 saturated carbocycles. The van der Waals surface area contributed by atoms with E-state index in [9.17, 15) is 4.79 Å². The van der Waals surface area contributed by atoms with Gasteiger partial charge in [0.2, 0.25) is 0 Å². The van der Waals surface area contributed by atoms with E-state index in [0.29, 0.717) is 24.3 Å². The van der Waals surface area contributed by atoms with E-state index in [0.717, 1.165) is 5.56 Å². The predicted molar refractivity (Wildman–Crippen MR) is 94.4 cm³/mol. The molecule has 0 N–H and O–H groups in total. The lowest BCUT2D eigenvalue weighted by molar-refractivity contribution is -0.118. The lowest BCUT2D eigenvalue weighted by Crippen LogP contribution is -2.29. The van der Waals surface area contributed by atoms with Crippen molar-refractivity contribution in [2.24, 2.45) is 5.11 Å². The van der Waals surface area contributed by atoms with Crippen molar-refractivity contribution in [2.75, 3.05) is 13.2 Å². The van der Waals surface area contributed by atoms with Crippen molar-refractivity contribution in [3.8, 4) is 0 Å². The molecule has 1 aliphatic rings. The SMILES string of the molecule is CC(OC(=O)c1cccc(C(N=[N+]=[N-])c2ccccc2)c1)C1OCCO1. The average Bonchev–Trinajstić information content (AvgIpc) is 3.22. The van der Waals surface area contributed by atoms with Crippen molar-refractivity contribution < 1.29 is 19.0 Å². The summed E-state index contributed by atoms with van der Waals surface area (Å²) >= 11 is 0. The van der Waals surface area contributed by atoms with Gasteiger partial charge in [0.1, 0.15) is 0 Å². The smallest absolute Gasteiger partial charge is 0.338 e. The lowest BCUT2D eigenvalue weighted by Gasteiger charge is -2.19. The molecule has 2 aromatic carbocycles. The molecule has 1 heterocycles. The van der Waals surface area contributed by atoms with Crippen LogP contribution in [0.15, 0.2) is 59.7 Å². The van der Waals surface area contributed by atoms with Gasteiger partial charge in [-0.2, -0.15) is 0 Å². The molecule has 0 radical (unpaired) electrons. The minimum absolute atomic E-state index is 0.376. The van der Waals surface area contributed by atoms with Gasteiger partial charge in [-0.15, -0.1) is 0 Å². The zero-order valence-corrected chi connectivity index (χ0v) is 14.3. The number of ether oxygens (including phenoxy) is 3. The van der Waals surface area contributed by atoms with E-state index in [2.05, 4.69) is 10.0 Å². The van der Waals surface area contributed by atoms with E-state index in [4.69, 9.17) is 19.7 Å². The van der Waals surface area contributed by atoms with E-state index < -0.39 is 24.4 Å². The molecular formula is C19H19N3O4. The van der Waals surface area contributed by atoms with Gasteiger partial charge in [0.25, 0.3) is 0 Å². The molecule has 0 spiro atoms. The fourth-order valence-corrected chi connectivity index (χ4v) is 2.79. The van der Waals surface area contributed by atoms with Gasteiger partial charge in [-0.05, 0) is 35.7 Å². The van der Waals surface area contributed by atoms with Gasteiger partial charge >= 0.3 is 5.97 Å². The third-order valence-electron chi connectivity index (χ3n) is 4.04. The van der Waals surface area contributed by atoms with Gasteiger partial charge in [-0.3, -0.25) is 0 Å². The van der Waals surface area contributed by atoms with Crippen LogP contribution in [0.4, 0.5) is 0 Å². The Hall–Kier alpha value is -2.86. The molecule has 0 aromatic heterocycles. The maximum atomic E-state index is 12.4. The number of hydrogen-bond acceptors (Lipinski definition) is 5. The number of carbonyl (C=O) groups is 1. The third kappa shape index (κ3) is 4.21. The first-order valence-electron chi connectivity index (χ1n) is 8.32. The normalized spacial score (nSPS) is 16.5. The molecule has 0 aliphatic carbocycles.